The van der Waals surface area contributed by atoms with Crippen LogP contribution in [0.15, 0.2) is 24.3 Å². The quantitative estimate of drug-likeness (QED) is 0.822. The highest BCUT2D eigenvalue weighted by Crippen LogP contribution is 2.27. The lowest BCUT2D eigenvalue weighted by Crippen LogP contribution is -2.43. The second-order valence-electron chi connectivity index (χ2n) is 4.96. The molecule has 1 aliphatic heterocycles. The zero-order valence-corrected chi connectivity index (χ0v) is 13.3. The van der Waals surface area contributed by atoms with E-state index in [0.29, 0.717) is 24.5 Å². The van der Waals surface area contributed by atoms with Crippen LogP contribution < -0.4 is 16.0 Å². The lowest BCUT2D eigenvalue weighted by molar-refractivity contribution is -0.132. The molecule has 1 saturated heterocycles. The Labute approximate surface area is 135 Å². The molecule has 116 valence electrons. The van der Waals surface area contributed by atoms with Crippen molar-refractivity contribution in [3.05, 3.63) is 29.3 Å². The summed E-state index contributed by atoms with van der Waals surface area (Å²) < 4.78 is 0. The van der Waals surface area contributed by atoms with Gasteiger partial charge in [0.2, 0.25) is 11.8 Å². The second-order valence-corrected chi connectivity index (χ2v) is 5.39. The van der Waals surface area contributed by atoms with Crippen molar-refractivity contribution < 1.29 is 9.59 Å². The first-order chi connectivity index (χ1) is 9.52. The first-order valence-corrected chi connectivity index (χ1v) is 6.98. The molecule has 2 atom stereocenters. The first-order valence-electron chi connectivity index (χ1n) is 6.60. The minimum atomic E-state index is -0.636. The monoisotopic (exact) mass is 331 g/mol. The topological polar surface area (TPSA) is 75.4 Å². The van der Waals surface area contributed by atoms with Crippen LogP contribution in [0.2, 0.25) is 5.02 Å². The number of nitrogens with zero attached hydrogens (tertiary/aromatic N) is 1. The van der Waals surface area contributed by atoms with Crippen LogP contribution in [0.1, 0.15) is 13.3 Å². The highest BCUT2D eigenvalue weighted by atomic mass is 35.5. The molecule has 3 N–H and O–H groups in total. The van der Waals surface area contributed by atoms with Crippen LogP contribution in [0, 0.1) is 5.92 Å². The van der Waals surface area contributed by atoms with Crippen molar-refractivity contribution in [1.29, 1.82) is 0 Å². The summed E-state index contributed by atoms with van der Waals surface area (Å²) in [5.41, 5.74) is 6.19. The molecule has 1 aliphatic rings. The van der Waals surface area contributed by atoms with Crippen molar-refractivity contribution in [2.75, 3.05) is 18.0 Å². The summed E-state index contributed by atoms with van der Waals surface area (Å²) in [4.78, 5) is 25.9. The van der Waals surface area contributed by atoms with Gasteiger partial charge in [-0.25, -0.2) is 0 Å². The first kappa shape index (κ1) is 17.8. The number of benzene rings is 1. The highest BCUT2D eigenvalue weighted by Gasteiger charge is 2.37. The third kappa shape index (κ3) is 4.09. The Morgan fingerprint density at radius 2 is 2.29 bits per heavy atom. The number of carbonyl (C=O) groups is 2. The van der Waals surface area contributed by atoms with Gasteiger partial charge in [0.15, 0.2) is 0 Å². The minimum absolute atomic E-state index is 0. The van der Waals surface area contributed by atoms with E-state index in [1.165, 1.54) is 0 Å². The van der Waals surface area contributed by atoms with Gasteiger partial charge in [0, 0.05) is 29.8 Å². The number of hydrogen-bond donors (Lipinski definition) is 2. The molecular formula is C14H19Cl2N3O2. The molecular weight excluding hydrogens is 313 g/mol. The van der Waals surface area contributed by atoms with Gasteiger partial charge < -0.3 is 16.0 Å². The van der Waals surface area contributed by atoms with Crippen LogP contribution in [0.3, 0.4) is 0 Å². The zero-order chi connectivity index (χ0) is 14.7. The molecule has 0 aliphatic carbocycles. The summed E-state index contributed by atoms with van der Waals surface area (Å²) in [7, 11) is 0. The van der Waals surface area contributed by atoms with E-state index in [1.54, 1.807) is 23.1 Å². The van der Waals surface area contributed by atoms with Crippen LogP contribution in [0.4, 0.5) is 5.69 Å². The molecule has 2 rings (SSSR count). The van der Waals surface area contributed by atoms with Crippen molar-refractivity contribution in [2.45, 2.75) is 19.4 Å². The molecule has 0 bridgehead atoms. The Balaban J connectivity index is 0.00000220. The van der Waals surface area contributed by atoms with E-state index in [2.05, 4.69) is 5.32 Å². The maximum Gasteiger partial charge on any atom is 0.239 e. The highest BCUT2D eigenvalue weighted by molar-refractivity contribution is 6.31. The normalized spacial score (nSPS) is 19.1. The smallest absolute Gasteiger partial charge is 0.239 e. The number of hydrogen-bond acceptors (Lipinski definition) is 3. The van der Waals surface area contributed by atoms with Crippen LogP contribution in [0.25, 0.3) is 0 Å². The molecule has 0 radical (unpaired) electrons. The molecule has 1 unspecified atom stereocenters. The van der Waals surface area contributed by atoms with Gasteiger partial charge in [-0.3, -0.25) is 9.59 Å². The fraction of sp³-hybridized carbons (Fsp3) is 0.429. The summed E-state index contributed by atoms with van der Waals surface area (Å²) in [5.74, 6) is -1.07. The molecule has 1 heterocycles. The Hall–Kier alpha value is -1.30. The minimum Gasteiger partial charge on any atom is -0.352 e. The van der Waals surface area contributed by atoms with Crippen molar-refractivity contribution in [2.24, 2.45) is 11.7 Å². The molecule has 0 aromatic heterocycles. The standard InChI is InChI=1S/C14H18ClN3O2.ClH/c1-9(8-16)17-13(19)12-5-6-18(14(12)20)11-4-2-3-10(15)7-11;/h2-4,7,9,12H,5-6,8,16H2,1H3,(H,17,19);1H/t9-,12?;/m0./s1. The average Bonchev–Trinajstić information content (AvgIpc) is 2.80. The van der Waals surface area contributed by atoms with Gasteiger partial charge in [0.05, 0.1) is 0 Å². The summed E-state index contributed by atoms with van der Waals surface area (Å²) in [6.07, 6.45) is 0.508. The fourth-order valence-corrected chi connectivity index (χ4v) is 2.41. The lowest BCUT2D eigenvalue weighted by atomic mass is 10.1. The summed E-state index contributed by atoms with van der Waals surface area (Å²) >= 11 is 5.93. The number of nitrogens with two attached hydrogens (primary N) is 1. The SMILES string of the molecule is C[C@@H](CN)NC(=O)C1CCN(c2cccc(Cl)c2)C1=O.Cl. The number of halogens is 2. The Morgan fingerprint density at radius 1 is 1.57 bits per heavy atom. The van der Waals surface area contributed by atoms with E-state index in [1.807, 2.05) is 13.0 Å². The molecule has 2 amide bonds. The number of nitrogens with one attached hydrogen (secondary N) is 1. The van der Waals surface area contributed by atoms with E-state index in [4.69, 9.17) is 17.3 Å². The van der Waals surface area contributed by atoms with Gasteiger partial charge in [0.25, 0.3) is 0 Å². The summed E-state index contributed by atoms with van der Waals surface area (Å²) in [5, 5.41) is 3.32. The number of anilines is 1. The average molecular weight is 332 g/mol. The van der Waals surface area contributed by atoms with Crippen molar-refractivity contribution in [1.82, 2.24) is 5.32 Å². The Bertz CT molecular complexity index is 525. The number of rotatable bonds is 4. The van der Waals surface area contributed by atoms with Gasteiger partial charge >= 0.3 is 0 Å². The fourth-order valence-electron chi connectivity index (χ4n) is 2.23. The molecule has 1 aromatic rings. The lowest BCUT2D eigenvalue weighted by Gasteiger charge is -2.18. The van der Waals surface area contributed by atoms with Gasteiger partial charge in [-0.15, -0.1) is 12.4 Å². The van der Waals surface area contributed by atoms with E-state index >= 15 is 0 Å². The maximum absolute atomic E-state index is 12.3. The second kappa shape index (κ2) is 7.64. The summed E-state index contributed by atoms with van der Waals surface area (Å²) in [6, 6.07) is 6.94. The molecule has 1 aromatic carbocycles. The maximum atomic E-state index is 12.3. The molecule has 7 heteroatoms. The van der Waals surface area contributed by atoms with E-state index in [-0.39, 0.29) is 30.3 Å². The molecule has 5 nitrogen and oxygen atoms in total. The van der Waals surface area contributed by atoms with Gasteiger partial charge in [-0.2, -0.15) is 0 Å². The number of carbonyl (C=O) groups excluding carboxylic acids is 2. The van der Waals surface area contributed by atoms with E-state index in [9.17, 15) is 9.59 Å². The van der Waals surface area contributed by atoms with Crippen LogP contribution in [-0.2, 0) is 9.59 Å². The molecule has 0 spiro atoms. The largest absolute Gasteiger partial charge is 0.352 e. The van der Waals surface area contributed by atoms with Crippen LogP contribution >= 0.6 is 24.0 Å². The predicted molar refractivity (Wildman–Crippen MR) is 85.8 cm³/mol. The zero-order valence-electron chi connectivity index (χ0n) is 11.7. The van der Waals surface area contributed by atoms with Crippen molar-refractivity contribution in [3.63, 3.8) is 0 Å². The summed E-state index contributed by atoms with van der Waals surface area (Å²) in [6.45, 7) is 2.69. The molecule has 1 fully saturated rings. The Kier molecular flexibility index (Phi) is 6.45. The third-order valence-corrected chi connectivity index (χ3v) is 3.62. The van der Waals surface area contributed by atoms with Gasteiger partial charge in [-0.1, -0.05) is 17.7 Å². The Morgan fingerprint density at radius 3 is 2.90 bits per heavy atom. The van der Waals surface area contributed by atoms with Crippen molar-refractivity contribution in [3.8, 4) is 0 Å². The van der Waals surface area contributed by atoms with Crippen molar-refractivity contribution >= 4 is 41.5 Å². The molecule has 0 saturated carbocycles. The number of amides is 2. The van der Waals surface area contributed by atoms with Gasteiger partial charge in [0.1, 0.15) is 5.92 Å². The molecule has 21 heavy (non-hydrogen) atoms. The van der Waals surface area contributed by atoms with E-state index < -0.39 is 5.92 Å². The third-order valence-electron chi connectivity index (χ3n) is 3.38. The van der Waals surface area contributed by atoms with Gasteiger partial charge in [-0.05, 0) is 31.5 Å². The van der Waals surface area contributed by atoms with Crippen LogP contribution in [-0.4, -0.2) is 30.9 Å². The van der Waals surface area contributed by atoms with Crippen LogP contribution in [0.5, 0.6) is 0 Å². The predicted octanol–water partition coefficient (Wildman–Crippen LogP) is 1.58. The van der Waals surface area contributed by atoms with E-state index in [0.717, 1.165) is 5.69 Å².